The minimum absolute atomic E-state index is 0.188. The molecule has 5 heteroatoms. The van der Waals surface area contributed by atoms with E-state index in [1.165, 1.54) is 0 Å². The van der Waals surface area contributed by atoms with E-state index in [4.69, 9.17) is 4.74 Å². The molecule has 5 nitrogen and oxygen atoms in total. The summed E-state index contributed by atoms with van der Waals surface area (Å²) in [6.07, 6.45) is 5.71. The molecule has 0 radical (unpaired) electrons. The Balaban J connectivity index is 1.73. The molecular formula is C18H23N3O2. The highest BCUT2D eigenvalue weighted by Crippen LogP contribution is 2.32. The number of anilines is 1. The highest BCUT2D eigenvalue weighted by atomic mass is 16.5. The quantitative estimate of drug-likeness (QED) is 0.871. The molecule has 0 bridgehead atoms. The van der Waals surface area contributed by atoms with Crippen molar-refractivity contribution in [3.63, 3.8) is 0 Å². The van der Waals surface area contributed by atoms with E-state index in [0.29, 0.717) is 6.54 Å². The van der Waals surface area contributed by atoms with Crippen LogP contribution in [0.25, 0.3) is 0 Å². The normalized spacial score (nSPS) is 17.3. The number of amides is 1. The van der Waals surface area contributed by atoms with Gasteiger partial charge in [-0.15, -0.1) is 0 Å². The second-order valence-corrected chi connectivity index (χ2v) is 6.69. The van der Waals surface area contributed by atoms with Crippen molar-refractivity contribution in [2.75, 3.05) is 18.6 Å². The van der Waals surface area contributed by atoms with E-state index in [-0.39, 0.29) is 11.3 Å². The maximum absolute atomic E-state index is 12.6. The first kappa shape index (κ1) is 15.6. The van der Waals surface area contributed by atoms with Crippen molar-refractivity contribution in [2.24, 2.45) is 5.41 Å². The molecule has 1 aliphatic heterocycles. The van der Waals surface area contributed by atoms with Crippen LogP contribution in [0, 0.1) is 5.41 Å². The molecule has 1 aromatic heterocycles. The Bertz CT molecular complexity index is 689. The van der Waals surface area contributed by atoms with Gasteiger partial charge in [-0.05, 0) is 30.5 Å². The molecule has 1 aromatic carbocycles. The predicted octanol–water partition coefficient (Wildman–Crippen LogP) is 3.09. The highest BCUT2D eigenvalue weighted by molar-refractivity contribution is 5.97. The van der Waals surface area contributed by atoms with Crippen LogP contribution in [0.5, 0.6) is 5.75 Å². The first-order valence-electron chi connectivity index (χ1n) is 7.97. The van der Waals surface area contributed by atoms with Crippen molar-refractivity contribution < 1.29 is 9.53 Å². The van der Waals surface area contributed by atoms with E-state index >= 15 is 0 Å². The van der Waals surface area contributed by atoms with Crippen LogP contribution in [-0.4, -0.2) is 29.3 Å². The number of rotatable bonds is 4. The number of ether oxygens (including phenoxy) is 1. The van der Waals surface area contributed by atoms with E-state index in [1.54, 1.807) is 13.3 Å². The van der Waals surface area contributed by atoms with Gasteiger partial charge in [-0.25, -0.2) is 0 Å². The van der Waals surface area contributed by atoms with Crippen molar-refractivity contribution in [3.05, 3.63) is 42.2 Å². The molecule has 1 saturated heterocycles. The summed E-state index contributed by atoms with van der Waals surface area (Å²) in [7, 11) is 1.66. The lowest BCUT2D eigenvalue weighted by Crippen LogP contribution is -2.45. The third kappa shape index (κ3) is 3.23. The van der Waals surface area contributed by atoms with Crippen LogP contribution >= 0.6 is 0 Å². The number of methoxy groups -OCH3 is 1. The Morgan fingerprint density at radius 3 is 2.70 bits per heavy atom. The van der Waals surface area contributed by atoms with Gasteiger partial charge in [0.15, 0.2) is 0 Å². The Morgan fingerprint density at radius 1 is 1.26 bits per heavy atom. The SMILES string of the molecule is COc1ccc(Cn2cc(N3CCCC(C)(C)C3=O)cn2)cc1. The monoisotopic (exact) mass is 313 g/mol. The van der Waals surface area contributed by atoms with Crippen LogP contribution < -0.4 is 9.64 Å². The number of nitrogens with zero attached hydrogens (tertiary/aromatic N) is 3. The lowest BCUT2D eigenvalue weighted by molar-refractivity contribution is -0.128. The maximum atomic E-state index is 12.6. The molecule has 0 atom stereocenters. The summed E-state index contributed by atoms with van der Waals surface area (Å²) < 4.78 is 7.03. The van der Waals surface area contributed by atoms with Crippen molar-refractivity contribution in [1.82, 2.24) is 9.78 Å². The first-order valence-corrected chi connectivity index (χ1v) is 7.97. The Kier molecular flexibility index (Phi) is 4.11. The number of aromatic nitrogens is 2. The average molecular weight is 313 g/mol. The summed E-state index contributed by atoms with van der Waals surface area (Å²) in [4.78, 5) is 14.4. The summed E-state index contributed by atoms with van der Waals surface area (Å²) >= 11 is 0. The van der Waals surface area contributed by atoms with E-state index in [2.05, 4.69) is 5.10 Å². The standard InChI is InChI=1S/C18H23N3O2/c1-18(2)9-4-10-21(17(18)22)15-11-19-20(13-15)12-14-5-7-16(23-3)8-6-14/h5-8,11,13H,4,9-10,12H2,1-3H3. The maximum Gasteiger partial charge on any atom is 0.232 e. The van der Waals surface area contributed by atoms with Crippen molar-refractivity contribution >= 4 is 11.6 Å². The fourth-order valence-corrected chi connectivity index (χ4v) is 3.00. The van der Waals surface area contributed by atoms with Gasteiger partial charge in [0.05, 0.1) is 25.5 Å². The number of piperidine rings is 1. The van der Waals surface area contributed by atoms with Crippen LogP contribution in [0.2, 0.25) is 0 Å². The summed E-state index contributed by atoms with van der Waals surface area (Å²) in [6, 6.07) is 7.93. The Labute approximate surface area is 136 Å². The topological polar surface area (TPSA) is 47.4 Å². The number of benzene rings is 1. The molecule has 0 aliphatic carbocycles. The summed E-state index contributed by atoms with van der Waals surface area (Å²) in [5.74, 6) is 1.03. The zero-order valence-corrected chi connectivity index (χ0v) is 14.0. The smallest absolute Gasteiger partial charge is 0.232 e. The lowest BCUT2D eigenvalue weighted by atomic mass is 9.83. The molecule has 0 saturated carbocycles. The largest absolute Gasteiger partial charge is 0.497 e. The highest BCUT2D eigenvalue weighted by Gasteiger charge is 2.36. The average Bonchev–Trinajstić information content (AvgIpc) is 2.99. The Hall–Kier alpha value is -2.30. The van der Waals surface area contributed by atoms with Crippen LogP contribution in [0.15, 0.2) is 36.7 Å². The molecule has 2 aromatic rings. The first-order chi connectivity index (χ1) is 11.0. The van der Waals surface area contributed by atoms with Crippen molar-refractivity contribution in [1.29, 1.82) is 0 Å². The molecule has 0 unspecified atom stereocenters. The number of hydrogen-bond acceptors (Lipinski definition) is 3. The van der Waals surface area contributed by atoms with Crippen molar-refractivity contribution in [2.45, 2.75) is 33.2 Å². The van der Waals surface area contributed by atoms with Gasteiger partial charge in [-0.1, -0.05) is 26.0 Å². The second kappa shape index (κ2) is 6.07. The van der Waals surface area contributed by atoms with Crippen LogP contribution in [0.3, 0.4) is 0 Å². The third-order valence-corrected chi connectivity index (χ3v) is 4.44. The summed E-state index contributed by atoms with van der Waals surface area (Å²) in [5, 5.41) is 4.40. The molecule has 122 valence electrons. The molecule has 1 amide bonds. The number of carbonyl (C=O) groups excluding carboxylic acids is 1. The third-order valence-electron chi connectivity index (χ3n) is 4.44. The molecule has 2 heterocycles. The minimum atomic E-state index is -0.281. The fourth-order valence-electron chi connectivity index (χ4n) is 3.00. The van der Waals surface area contributed by atoms with Gasteiger partial charge in [-0.3, -0.25) is 9.48 Å². The predicted molar refractivity (Wildman–Crippen MR) is 89.7 cm³/mol. The summed E-state index contributed by atoms with van der Waals surface area (Å²) in [6.45, 7) is 5.48. The number of hydrogen-bond donors (Lipinski definition) is 0. The zero-order chi connectivity index (χ0) is 16.4. The van der Waals surface area contributed by atoms with Gasteiger partial charge >= 0.3 is 0 Å². The fraction of sp³-hybridized carbons (Fsp3) is 0.444. The van der Waals surface area contributed by atoms with Crippen molar-refractivity contribution in [3.8, 4) is 5.75 Å². The van der Waals surface area contributed by atoms with Crippen LogP contribution in [0.1, 0.15) is 32.3 Å². The van der Waals surface area contributed by atoms with Crippen LogP contribution in [-0.2, 0) is 11.3 Å². The molecule has 23 heavy (non-hydrogen) atoms. The molecule has 0 N–H and O–H groups in total. The zero-order valence-electron chi connectivity index (χ0n) is 14.0. The van der Waals surface area contributed by atoms with Crippen LogP contribution in [0.4, 0.5) is 5.69 Å². The van der Waals surface area contributed by atoms with E-state index < -0.39 is 0 Å². The summed E-state index contributed by atoms with van der Waals surface area (Å²) in [5.41, 5.74) is 1.75. The molecule has 3 rings (SSSR count). The van der Waals surface area contributed by atoms with Gasteiger partial charge < -0.3 is 9.64 Å². The van der Waals surface area contributed by atoms with E-state index in [1.807, 2.05) is 53.9 Å². The van der Waals surface area contributed by atoms with Gasteiger partial charge in [0.25, 0.3) is 0 Å². The Morgan fingerprint density at radius 2 is 2.00 bits per heavy atom. The van der Waals surface area contributed by atoms with Gasteiger partial charge in [0.1, 0.15) is 5.75 Å². The van der Waals surface area contributed by atoms with Gasteiger partial charge in [0.2, 0.25) is 5.91 Å². The molecule has 1 aliphatic rings. The van der Waals surface area contributed by atoms with E-state index in [9.17, 15) is 4.79 Å². The van der Waals surface area contributed by atoms with E-state index in [0.717, 1.165) is 36.4 Å². The van der Waals surface area contributed by atoms with Gasteiger partial charge in [-0.2, -0.15) is 5.10 Å². The molecule has 0 spiro atoms. The minimum Gasteiger partial charge on any atom is -0.497 e. The lowest BCUT2D eigenvalue weighted by Gasteiger charge is -2.36. The second-order valence-electron chi connectivity index (χ2n) is 6.69. The molecular weight excluding hydrogens is 290 g/mol. The molecule has 1 fully saturated rings. The van der Waals surface area contributed by atoms with Gasteiger partial charge in [0, 0.05) is 18.2 Å². The number of carbonyl (C=O) groups is 1.